The third kappa shape index (κ3) is 3.27. The molecule has 11 heavy (non-hydrogen) atoms. The van der Waals surface area contributed by atoms with Crippen LogP contribution in [0.15, 0.2) is 11.8 Å². The van der Waals surface area contributed by atoms with Gasteiger partial charge in [0.2, 0.25) is 0 Å². The highest BCUT2D eigenvalue weighted by atomic mass is 19.4. The van der Waals surface area contributed by atoms with Crippen molar-refractivity contribution in [3.8, 4) is 0 Å². The van der Waals surface area contributed by atoms with Crippen LogP contribution in [0.4, 0.5) is 13.2 Å². The Hall–Kier alpha value is -0.710. The van der Waals surface area contributed by atoms with E-state index in [1.807, 2.05) is 0 Å². The minimum Gasteiger partial charge on any atom is -0.271 e. The molecule has 0 spiro atoms. The summed E-state index contributed by atoms with van der Waals surface area (Å²) in [6, 6.07) is 0. The zero-order valence-corrected chi connectivity index (χ0v) is 5.74. The predicted octanol–water partition coefficient (Wildman–Crippen LogP) is 1.75. The summed E-state index contributed by atoms with van der Waals surface area (Å²) >= 11 is 0. The Kier molecular flexibility index (Phi) is 2.38. The molecular weight excluding hydrogens is 159 g/mol. The highest BCUT2D eigenvalue weighted by Gasteiger charge is 2.28. The second-order valence-electron chi connectivity index (χ2n) is 2.27. The van der Waals surface area contributed by atoms with Crippen molar-refractivity contribution >= 4 is 0 Å². The van der Waals surface area contributed by atoms with E-state index in [4.69, 9.17) is 0 Å². The molecule has 0 saturated heterocycles. The van der Waals surface area contributed by atoms with E-state index in [2.05, 4.69) is 10.3 Å². The molecule has 0 aromatic rings. The van der Waals surface area contributed by atoms with Crippen molar-refractivity contribution in [1.29, 1.82) is 0 Å². The van der Waals surface area contributed by atoms with E-state index in [0.29, 0.717) is 0 Å². The fraction of sp³-hybridized carbons (Fsp3) is 0.667. The van der Waals surface area contributed by atoms with Crippen molar-refractivity contribution in [3.63, 3.8) is 0 Å². The van der Waals surface area contributed by atoms with Crippen LogP contribution in [0.25, 0.3) is 0 Å². The summed E-state index contributed by atoms with van der Waals surface area (Å²) in [5.74, 6) is 0. The molecule has 1 aliphatic carbocycles. The van der Waals surface area contributed by atoms with E-state index >= 15 is 0 Å². The van der Waals surface area contributed by atoms with Crippen molar-refractivity contribution in [3.05, 3.63) is 11.8 Å². The first-order valence-corrected chi connectivity index (χ1v) is 3.21. The molecule has 1 N–H and O–H groups in total. The Balaban J connectivity index is 2.04. The smallest absolute Gasteiger partial charge is 0.271 e. The standard InChI is InChI=1S/C6H8F3NO/c7-6(8,9)4-11-10-5-2-1-3-5/h2,10H,1,3-4H2. The first-order chi connectivity index (χ1) is 5.08. The second kappa shape index (κ2) is 3.13. The van der Waals surface area contributed by atoms with E-state index in [1.54, 1.807) is 6.08 Å². The molecule has 1 aliphatic rings. The SMILES string of the molecule is FC(F)(F)CONC1=CCC1. The number of nitrogens with one attached hydrogen (secondary N) is 1. The number of alkyl halides is 3. The van der Waals surface area contributed by atoms with Gasteiger partial charge >= 0.3 is 6.18 Å². The maximum atomic E-state index is 11.4. The Morgan fingerprint density at radius 3 is 2.55 bits per heavy atom. The quantitative estimate of drug-likeness (QED) is 0.646. The Morgan fingerprint density at radius 1 is 1.55 bits per heavy atom. The van der Waals surface area contributed by atoms with E-state index in [0.717, 1.165) is 18.5 Å². The van der Waals surface area contributed by atoms with Gasteiger partial charge in [-0.15, -0.1) is 0 Å². The monoisotopic (exact) mass is 167 g/mol. The molecule has 0 aliphatic heterocycles. The first kappa shape index (κ1) is 8.39. The van der Waals surface area contributed by atoms with Crippen LogP contribution in [-0.4, -0.2) is 12.8 Å². The lowest BCUT2D eigenvalue weighted by Crippen LogP contribution is -2.25. The minimum absolute atomic E-state index is 0.731. The van der Waals surface area contributed by atoms with Gasteiger partial charge in [-0.25, -0.2) is 0 Å². The number of halogens is 3. The topological polar surface area (TPSA) is 21.3 Å². The first-order valence-electron chi connectivity index (χ1n) is 3.21. The van der Waals surface area contributed by atoms with Crippen LogP contribution in [-0.2, 0) is 4.84 Å². The van der Waals surface area contributed by atoms with Crippen molar-refractivity contribution in [1.82, 2.24) is 5.48 Å². The maximum absolute atomic E-state index is 11.4. The zero-order valence-electron chi connectivity index (χ0n) is 5.74. The van der Waals surface area contributed by atoms with Gasteiger partial charge in [0.05, 0.1) is 0 Å². The molecule has 0 bridgehead atoms. The zero-order chi connectivity index (χ0) is 8.32. The third-order valence-corrected chi connectivity index (χ3v) is 1.24. The average Bonchev–Trinajstić information content (AvgIpc) is 1.73. The van der Waals surface area contributed by atoms with Gasteiger partial charge in [-0.3, -0.25) is 10.3 Å². The molecule has 0 amide bonds. The van der Waals surface area contributed by atoms with Gasteiger partial charge in [0.15, 0.2) is 6.61 Å². The number of hydroxylamine groups is 1. The van der Waals surface area contributed by atoms with E-state index in [1.165, 1.54) is 0 Å². The summed E-state index contributed by atoms with van der Waals surface area (Å²) in [4.78, 5) is 4.16. The molecule has 0 radical (unpaired) electrons. The fourth-order valence-corrected chi connectivity index (χ4v) is 0.592. The molecule has 0 heterocycles. The van der Waals surface area contributed by atoms with Crippen molar-refractivity contribution in [2.75, 3.05) is 6.61 Å². The van der Waals surface area contributed by atoms with Crippen LogP contribution in [0, 0.1) is 0 Å². The van der Waals surface area contributed by atoms with Crippen LogP contribution >= 0.6 is 0 Å². The summed E-state index contributed by atoms with van der Waals surface area (Å²) in [5, 5.41) is 0. The molecule has 0 fully saturated rings. The summed E-state index contributed by atoms with van der Waals surface area (Å²) in [6.45, 7) is -1.25. The van der Waals surface area contributed by atoms with Crippen LogP contribution in [0.5, 0.6) is 0 Å². The van der Waals surface area contributed by atoms with Crippen LogP contribution in [0.2, 0.25) is 0 Å². The van der Waals surface area contributed by atoms with Gasteiger partial charge in [-0.05, 0) is 12.8 Å². The third-order valence-electron chi connectivity index (χ3n) is 1.24. The highest BCUT2D eigenvalue weighted by Crippen LogP contribution is 2.17. The predicted molar refractivity (Wildman–Crippen MR) is 32.5 cm³/mol. The maximum Gasteiger partial charge on any atom is 0.414 e. The second-order valence-corrected chi connectivity index (χ2v) is 2.27. The van der Waals surface area contributed by atoms with E-state index < -0.39 is 12.8 Å². The van der Waals surface area contributed by atoms with Gasteiger partial charge in [0.25, 0.3) is 0 Å². The fourth-order valence-electron chi connectivity index (χ4n) is 0.592. The Morgan fingerprint density at radius 2 is 2.18 bits per heavy atom. The lowest BCUT2D eigenvalue weighted by atomic mass is 10.1. The Labute approximate surface area is 62.0 Å². The Bertz CT molecular complexity index is 164. The lowest BCUT2D eigenvalue weighted by molar-refractivity contribution is -0.186. The van der Waals surface area contributed by atoms with Gasteiger partial charge in [-0.2, -0.15) is 13.2 Å². The molecule has 64 valence electrons. The van der Waals surface area contributed by atoms with Crippen LogP contribution < -0.4 is 5.48 Å². The van der Waals surface area contributed by atoms with Crippen molar-refractivity contribution < 1.29 is 18.0 Å². The summed E-state index contributed by atoms with van der Waals surface area (Å²) in [5.41, 5.74) is 2.95. The van der Waals surface area contributed by atoms with Gasteiger partial charge in [0.1, 0.15) is 0 Å². The summed E-state index contributed by atoms with van der Waals surface area (Å²) in [6.07, 6.45) is -0.775. The van der Waals surface area contributed by atoms with Crippen LogP contribution in [0.3, 0.4) is 0 Å². The molecule has 0 atom stereocenters. The van der Waals surface area contributed by atoms with Crippen molar-refractivity contribution in [2.45, 2.75) is 19.0 Å². The molecular formula is C6H8F3NO. The molecule has 1 rings (SSSR count). The number of rotatable bonds is 3. The largest absolute Gasteiger partial charge is 0.414 e. The van der Waals surface area contributed by atoms with Crippen molar-refractivity contribution in [2.24, 2.45) is 0 Å². The summed E-state index contributed by atoms with van der Waals surface area (Å²) in [7, 11) is 0. The molecule has 0 unspecified atom stereocenters. The lowest BCUT2D eigenvalue weighted by Gasteiger charge is -2.16. The molecule has 5 heteroatoms. The summed E-state index contributed by atoms with van der Waals surface area (Å²) < 4.78 is 34.3. The number of hydrogen-bond acceptors (Lipinski definition) is 2. The molecule has 0 aromatic carbocycles. The molecule has 0 saturated carbocycles. The average molecular weight is 167 g/mol. The van der Waals surface area contributed by atoms with Crippen LogP contribution in [0.1, 0.15) is 12.8 Å². The minimum atomic E-state index is -4.25. The number of hydrogen-bond donors (Lipinski definition) is 1. The van der Waals surface area contributed by atoms with Gasteiger partial charge in [-0.1, -0.05) is 6.08 Å². The molecule has 2 nitrogen and oxygen atoms in total. The normalized spacial score (nSPS) is 17.2. The van der Waals surface area contributed by atoms with E-state index in [-0.39, 0.29) is 0 Å². The highest BCUT2D eigenvalue weighted by molar-refractivity contribution is 5.07. The van der Waals surface area contributed by atoms with Gasteiger partial charge < -0.3 is 0 Å². The van der Waals surface area contributed by atoms with Gasteiger partial charge in [0, 0.05) is 5.70 Å². The molecule has 0 aromatic heterocycles. The number of allylic oxidation sites excluding steroid dienone is 2. The van der Waals surface area contributed by atoms with E-state index in [9.17, 15) is 13.2 Å².